The molecule has 20 heavy (non-hydrogen) atoms. The van der Waals surface area contributed by atoms with Gasteiger partial charge in [0.05, 0.1) is 18.0 Å². The van der Waals surface area contributed by atoms with Gasteiger partial charge >= 0.3 is 0 Å². The van der Waals surface area contributed by atoms with Crippen molar-refractivity contribution in [2.75, 3.05) is 13.2 Å². The average Bonchev–Trinajstić information content (AvgIpc) is 3.23. The van der Waals surface area contributed by atoms with Gasteiger partial charge in [-0.2, -0.15) is 4.31 Å². The molecular weight excluding hydrogens is 298 g/mol. The van der Waals surface area contributed by atoms with E-state index in [9.17, 15) is 8.42 Å². The van der Waals surface area contributed by atoms with E-state index >= 15 is 0 Å². The normalized spacial score (nSPS) is 28.5. The van der Waals surface area contributed by atoms with E-state index in [1.807, 2.05) is 25.1 Å². The van der Waals surface area contributed by atoms with Crippen LogP contribution in [0.1, 0.15) is 31.4 Å². The van der Waals surface area contributed by atoms with Gasteiger partial charge in [-0.25, -0.2) is 8.42 Å². The molecule has 0 amide bonds. The van der Waals surface area contributed by atoms with Crippen LogP contribution in [-0.2, 0) is 14.8 Å². The summed E-state index contributed by atoms with van der Waals surface area (Å²) in [6.07, 6.45) is 1.33. The van der Waals surface area contributed by atoms with Crippen molar-refractivity contribution in [1.82, 2.24) is 4.31 Å². The van der Waals surface area contributed by atoms with Gasteiger partial charge in [0.1, 0.15) is 0 Å². The fourth-order valence-electron chi connectivity index (χ4n) is 2.56. The number of sulfonamides is 1. The summed E-state index contributed by atoms with van der Waals surface area (Å²) < 4.78 is 32.3. The van der Waals surface area contributed by atoms with E-state index in [0.29, 0.717) is 18.2 Å². The van der Waals surface area contributed by atoms with Crippen molar-refractivity contribution < 1.29 is 13.2 Å². The molecular formula is C14H18ClNO3S. The summed E-state index contributed by atoms with van der Waals surface area (Å²) in [6.45, 7) is 2.69. The average molecular weight is 316 g/mol. The SMILES string of the molecule is C[C@@H]1CO[C@@H](c2cccc(Cl)c2)CN1S(=O)(=O)C1CC1. The first-order valence-electron chi connectivity index (χ1n) is 6.86. The lowest BCUT2D eigenvalue weighted by Crippen LogP contribution is -2.49. The highest BCUT2D eigenvalue weighted by Gasteiger charge is 2.44. The van der Waals surface area contributed by atoms with E-state index in [1.165, 1.54) is 0 Å². The Labute approximate surface area is 124 Å². The highest BCUT2D eigenvalue weighted by molar-refractivity contribution is 7.90. The van der Waals surface area contributed by atoms with Crippen LogP contribution in [0.5, 0.6) is 0 Å². The third kappa shape index (κ3) is 2.72. The summed E-state index contributed by atoms with van der Waals surface area (Å²) in [5.41, 5.74) is 0.931. The summed E-state index contributed by atoms with van der Waals surface area (Å²) in [7, 11) is -3.17. The Kier molecular flexibility index (Phi) is 3.79. The maximum Gasteiger partial charge on any atom is 0.217 e. The predicted octanol–water partition coefficient (Wildman–Crippen LogP) is 2.59. The second-order valence-electron chi connectivity index (χ2n) is 5.54. The van der Waals surface area contributed by atoms with Crippen molar-refractivity contribution in [3.8, 4) is 0 Å². The lowest BCUT2D eigenvalue weighted by Gasteiger charge is -2.37. The number of halogens is 1. The molecule has 6 heteroatoms. The van der Waals surface area contributed by atoms with E-state index < -0.39 is 10.0 Å². The largest absolute Gasteiger partial charge is 0.370 e. The molecule has 1 saturated heterocycles. The van der Waals surface area contributed by atoms with Crippen molar-refractivity contribution in [3.05, 3.63) is 34.9 Å². The molecule has 2 fully saturated rings. The first-order valence-corrected chi connectivity index (χ1v) is 8.74. The third-order valence-electron chi connectivity index (χ3n) is 3.87. The smallest absolute Gasteiger partial charge is 0.217 e. The van der Waals surface area contributed by atoms with Crippen LogP contribution >= 0.6 is 11.6 Å². The summed E-state index contributed by atoms with van der Waals surface area (Å²) >= 11 is 5.99. The number of rotatable bonds is 3. The van der Waals surface area contributed by atoms with Crippen LogP contribution in [0.2, 0.25) is 5.02 Å². The van der Waals surface area contributed by atoms with Gasteiger partial charge in [0.2, 0.25) is 10.0 Å². The molecule has 2 aliphatic rings. The Balaban J connectivity index is 1.83. The highest BCUT2D eigenvalue weighted by Crippen LogP contribution is 2.35. The van der Waals surface area contributed by atoms with Gasteiger partial charge in [0, 0.05) is 17.6 Å². The van der Waals surface area contributed by atoms with Gasteiger partial charge in [-0.15, -0.1) is 0 Å². The molecule has 110 valence electrons. The Morgan fingerprint density at radius 1 is 1.35 bits per heavy atom. The van der Waals surface area contributed by atoms with Crippen LogP contribution in [-0.4, -0.2) is 37.2 Å². The number of morpholine rings is 1. The molecule has 0 N–H and O–H groups in total. The van der Waals surface area contributed by atoms with Crippen molar-refractivity contribution in [2.24, 2.45) is 0 Å². The number of hydrogen-bond donors (Lipinski definition) is 0. The summed E-state index contributed by atoms with van der Waals surface area (Å²) in [5.74, 6) is 0. The molecule has 0 unspecified atom stereocenters. The summed E-state index contributed by atoms with van der Waals surface area (Å²) in [6, 6.07) is 7.32. The van der Waals surface area contributed by atoms with Gasteiger partial charge in [-0.05, 0) is 37.5 Å². The van der Waals surface area contributed by atoms with Gasteiger partial charge in [-0.1, -0.05) is 23.7 Å². The zero-order valence-corrected chi connectivity index (χ0v) is 12.9. The van der Waals surface area contributed by atoms with Crippen LogP contribution < -0.4 is 0 Å². The molecule has 0 bridgehead atoms. The number of ether oxygens (including phenoxy) is 1. The minimum atomic E-state index is -3.17. The Morgan fingerprint density at radius 3 is 2.75 bits per heavy atom. The minimum absolute atomic E-state index is 0.101. The first-order chi connectivity index (χ1) is 9.48. The van der Waals surface area contributed by atoms with Crippen molar-refractivity contribution in [2.45, 2.75) is 37.2 Å². The summed E-state index contributed by atoms with van der Waals surface area (Å²) in [4.78, 5) is 0. The zero-order chi connectivity index (χ0) is 14.3. The van der Waals surface area contributed by atoms with Crippen LogP contribution in [0.3, 0.4) is 0 Å². The molecule has 1 saturated carbocycles. The van der Waals surface area contributed by atoms with Gasteiger partial charge in [-0.3, -0.25) is 0 Å². The molecule has 0 aromatic heterocycles. The van der Waals surface area contributed by atoms with E-state index in [4.69, 9.17) is 16.3 Å². The zero-order valence-electron chi connectivity index (χ0n) is 11.3. The number of nitrogens with zero attached hydrogens (tertiary/aromatic N) is 1. The predicted molar refractivity (Wildman–Crippen MR) is 78.3 cm³/mol. The first kappa shape index (κ1) is 14.3. The second kappa shape index (κ2) is 5.30. The van der Waals surface area contributed by atoms with E-state index in [1.54, 1.807) is 10.4 Å². The Bertz CT molecular complexity index is 600. The highest BCUT2D eigenvalue weighted by atomic mass is 35.5. The van der Waals surface area contributed by atoms with Crippen LogP contribution in [0.25, 0.3) is 0 Å². The van der Waals surface area contributed by atoms with Crippen molar-refractivity contribution >= 4 is 21.6 Å². The lowest BCUT2D eigenvalue weighted by atomic mass is 10.1. The van der Waals surface area contributed by atoms with Gasteiger partial charge < -0.3 is 4.74 Å². The topological polar surface area (TPSA) is 46.6 Å². The molecule has 2 atom stereocenters. The molecule has 4 nitrogen and oxygen atoms in total. The van der Waals surface area contributed by atoms with Crippen molar-refractivity contribution in [3.63, 3.8) is 0 Å². The van der Waals surface area contributed by atoms with Crippen molar-refractivity contribution in [1.29, 1.82) is 0 Å². The van der Waals surface area contributed by atoms with Crippen LogP contribution in [0.15, 0.2) is 24.3 Å². The maximum absolute atomic E-state index is 12.4. The van der Waals surface area contributed by atoms with E-state index in [2.05, 4.69) is 0 Å². The quantitative estimate of drug-likeness (QED) is 0.861. The van der Waals surface area contributed by atoms with Crippen LogP contribution in [0, 0.1) is 0 Å². The van der Waals surface area contributed by atoms with E-state index in [0.717, 1.165) is 18.4 Å². The molecule has 0 radical (unpaired) electrons. The fraction of sp³-hybridized carbons (Fsp3) is 0.571. The Hall–Kier alpha value is -0.620. The molecule has 1 aromatic carbocycles. The lowest BCUT2D eigenvalue weighted by molar-refractivity contribution is -0.0289. The maximum atomic E-state index is 12.4. The molecule has 0 spiro atoms. The molecule has 1 aliphatic heterocycles. The fourth-order valence-corrected chi connectivity index (χ4v) is 4.77. The van der Waals surface area contributed by atoms with Crippen LogP contribution in [0.4, 0.5) is 0 Å². The van der Waals surface area contributed by atoms with Gasteiger partial charge in [0.25, 0.3) is 0 Å². The molecule has 3 rings (SSSR count). The number of benzene rings is 1. The Morgan fingerprint density at radius 2 is 2.10 bits per heavy atom. The molecule has 1 aromatic rings. The van der Waals surface area contributed by atoms with Gasteiger partial charge in [0.15, 0.2) is 0 Å². The summed E-state index contributed by atoms with van der Waals surface area (Å²) in [5, 5.41) is 0.462. The van der Waals surface area contributed by atoms with E-state index in [-0.39, 0.29) is 17.4 Å². The molecule has 1 heterocycles. The minimum Gasteiger partial charge on any atom is -0.370 e. The molecule has 1 aliphatic carbocycles. The third-order valence-corrected chi connectivity index (χ3v) is 6.58. The second-order valence-corrected chi connectivity index (χ2v) is 8.14. The standard InChI is InChI=1S/C14H18ClNO3S/c1-10-9-19-14(11-3-2-4-12(15)7-11)8-16(10)20(17,18)13-5-6-13/h2-4,7,10,13-14H,5-6,8-9H2,1H3/t10-,14-/m1/s1. The number of hydrogen-bond acceptors (Lipinski definition) is 3. The monoisotopic (exact) mass is 315 g/mol.